The fraction of sp³-hybridized carbons (Fsp3) is 1.00. The smallest absolute Gasteiger partial charge is 0.0695 e. The van der Waals surface area contributed by atoms with Crippen LogP contribution in [0.4, 0.5) is 0 Å². The molecule has 2 nitrogen and oxygen atoms in total. The van der Waals surface area contributed by atoms with Crippen molar-refractivity contribution < 1.29 is 5.11 Å². The summed E-state index contributed by atoms with van der Waals surface area (Å²) in [5, 5.41) is 10.3. The molecule has 0 aromatic heterocycles. The van der Waals surface area contributed by atoms with Crippen molar-refractivity contribution in [2.45, 2.75) is 82.9 Å². The van der Waals surface area contributed by atoms with E-state index in [0.717, 1.165) is 6.42 Å². The first kappa shape index (κ1) is 12.4. The molecule has 94 valence electrons. The summed E-state index contributed by atoms with van der Waals surface area (Å²) in [7, 11) is 0. The van der Waals surface area contributed by atoms with Gasteiger partial charge in [0.25, 0.3) is 0 Å². The van der Waals surface area contributed by atoms with Gasteiger partial charge in [0, 0.05) is 11.6 Å². The monoisotopic (exact) mass is 225 g/mol. The lowest BCUT2D eigenvalue weighted by atomic mass is 9.90. The fourth-order valence-electron chi connectivity index (χ4n) is 3.55. The third kappa shape index (κ3) is 2.60. The molecule has 2 heteroatoms. The Morgan fingerprint density at radius 3 is 2.31 bits per heavy atom. The van der Waals surface area contributed by atoms with Crippen LogP contribution in [0.1, 0.15) is 65.2 Å². The van der Waals surface area contributed by atoms with Crippen LogP contribution in [0.3, 0.4) is 0 Å². The lowest BCUT2D eigenvalue weighted by molar-refractivity contribution is 0.00150. The molecule has 0 amide bonds. The van der Waals surface area contributed by atoms with Crippen LogP contribution in [0.2, 0.25) is 0 Å². The normalized spacial score (nSPS) is 36.9. The summed E-state index contributed by atoms with van der Waals surface area (Å²) in [6.45, 7) is 5.87. The third-order valence-electron chi connectivity index (χ3n) is 4.56. The number of hydrogen-bond donors (Lipinski definition) is 1. The second-order valence-corrected chi connectivity index (χ2v) is 6.24. The van der Waals surface area contributed by atoms with Gasteiger partial charge >= 0.3 is 0 Å². The molecule has 0 radical (unpaired) electrons. The Morgan fingerprint density at radius 1 is 1.00 bits per heavy atom. The van der Waals surface area contributed by atoms with Crippen LogP contribution in [-0.2, 0) is 0 Å². The summed E-state index contributed by atoms with van der Waals surface area (Å²) in [6, 6.07) is 0.429. The van der Waals surface area contributed by atoms with E-state index in [0.29, 0.717) is 11.6 Å². The SMILES string of the molecule is CC1(C)CCCN1C1CCCCCCC1O. The molecule has 2 atom stereocenters. The van der Waals surface area contributed by atoms with E-state index < -0.39 is 0 Å². The van der Waals surface area contributed by atoms with Gasteiger partial charge in [-0.2, -0.15) is 0 Å². The summed E-state index contributed by atoms with van der Waals surface area (Å²) >= 11 is 0. The van der Waals surface area contributed by atoms with Gasteiger partial charge in [0.05, 0.1) is 6.10 Å². The van der Waals surface area contributed by atoms with E-state index in [-0.39, 0.29) is 6.10 Å². The Balaban J connectivity index is 2.04. The van der Waals surface area contributed by atoms with Crippen LogP contribution in [0.5, 0.6) is 0 Å². The van der Waals surface area contributed by atoms with Crippen LogP contribution < -0.4 is 0 Å². The molecule has 2 rings (SSSR count). The molecule has 1 aliphatic carbocycles. The van der Waals surface area contributed by atoms with Crippen molar-refractivity contribution in [3.05, 3.63) is 0 Å². The van der Waals surface area contributed by atoms with Gasteiger partial charge in [-0.05, 0) is 46.1 Å². The lowest BCUT2D eigenvalue weighted by Gasteiger charge is -2.41. The molecule has 0 aromatic rings. The van der Waals surface area contributed by atoms with E-state index in [1.54, 1.807) is 0 Å². The first-order valence-electron chi connectivity index (χ1n) is 7.06. The Bertz CT molecular complexity index is 227. The Kier molecular flexibility index (Phi) is 3.91. The van der Waals surface area contributed by atoms with Crippen LogP contribution >= 0.6 is 0 Å². The average Bonchev–Trinajstić information content (AvgIpc) is 2.53. The predicted molar refractivity (Wildman–Crippen MR) is 67.5 cm³/mol. The van der Waals surface area contributed by atoms with E-state index in [1.165, 1.54) is 51.5 Å². The number of aliphatic hydroxyl groups is 1. The number of aliphatic hydroxyl groups excluding tert-OH is 1. The van der Waals surface area contributed by atoms with E-state index in [2.05, 4.69) is 18.7 Å². The highest BCUT2D eigenvalue weighted by Gasteiger charge is 2.39. The summed E-state index contributed by atoms with van der Waals surface area (Å²) in [4.78, 5) is 2.59. The molecule has 1 N–H and O–H groups in total. The first-order valence-corrected chi connectivity index (χ1v) is 7.06. The summed E-state index contributed by atoms with van der Waals surface area (Å²) in [6.07, 6.45) is 9.90. The number of nitrogens with zero attached hydrogens (tertiary/aromatic N) is 1. The zero-order valence-electron chi connectivity index (χ0n) is 10.9. The summed E-state index contributed by atoms with van der Waals surface area (Å²) < 4.78 is 0. The first-order chi connectivity index (χ1) is 7.61. The zero-order valence-corrected chi connectivity index (χ0v) is 10.9. The minimum Gasteiger partial charge on any atom is -0.391 e. The molecular weight excluding hydrogens is 198 g/mol. The zero-order chi connectivity index (χ0) is 11.6. The maximum Gasteiger partial charge on any atom is 0.0695 e. The van der Waals surface area contributed by atoms with Gasteiger partial charge in [0.1, 0.15) is 0 Å². The van der Waals surface area contributed by atoms with E-state index in [9.17, 15) is 5.11 Å². The van der Waals surface area contributed by atoms with Gasteiger partial charge in [-0.15, -0.1) is 0 Å². The number of hydrogen-bond acceptors (Lipinski definition) is 2. The maximum absolute atomic E-state index is 10.3. The average molecular weight is 225 g/mol. The van der Waals surface area contributed by atoms with Crippen LogP contribution in [0.15, 0.2) is 0 Å². The predicted octanol–water partition coefficient (Wildman–Crippen LogP) is 2.94. The van der Waals surface area contributed by atoms with E-state index in [1.807, 2.05) is 0 Å². The van der Waals surface area contributed by atoms with Crippen molar-refractivity contribution in [1.82, 2.24) is 4.90 Å². The molecular formula is C14H27NO. The number of likely N-dealkylation sites (tertiary alicyclic amines) is 1. The van der Waals surface area contributed by atoms with Crippen molar-refractivity contribution in [1.29, 1.82) is 0 Å². The quantitative estimate of drug-likeness (QED) is 0.741. The maximum atomic E-state index is 10.3. The molecule has 16 heavy (non-hydrogen) atoms. The Morgan fingerprint density at radius 2 is 1.69 bits per heavy atom. The van der Waals surface area contributed by atoms with Gasteiger partial charge < -0.3 is 5.11 Å². The summed E-state index contributed by atoms with van der Waals surface area (Å²) in [5.41, 5.74) is 0.310. The molecule has 1 aliphatic heterocycles. The second kappa shape index (κ2) is 5.05. The Labute approximate surface area is 100 Å². The van der Waals surface area contributed by atoms with Gasteiger partial charge in [-0.25, -0.2) is 0 Å². The van der Waals surface area contributed by atoms with Crippen molar-refractivity contribution in [3.63, 3.8) is 0 Å². The molecule has 1 heterocycles. The van der Waals surface area contributed by atoms with Crippen LogP contribution in [0.25, 0.3) is 0 Å². The lowest BCUT2D eigenvalue weighted by Crippen LogP contribution is -2.51. The standard InChI is InChI=1S/C14H27NO/c1-14(2)10-7-11-15(14)12-8-5-3-4-6-9-13(12)16/h12-13,16H,3-11H2,1-2H3. The van der Waals surface area contributed by atoms with Gasteiger partial charge in [0.2, 0.25) is 0 Å². The molecule has 2 unspecified atom stereocenters. The molecule has 1 saturated carbocycles. The minimum atomic E-state index is -0.0855. The van der Waals surface area contributed by atoms with Gasteiger partial charge in [-0.1, -0.05) is 25.7 Å². The van der Waals surface area contributed by atoms with E-state index >= 15 is 0 Å². The largest absolute Gasteiger partial charge is 0.391 e. The molecule has 0 bridgehead atoms. The highest BCUT2D eigenvalue weighted by Crippen LogP contribution is 2.34. The summed E-state index contributed by atoms with van der Waals surface area (Å²) in [5.74, 6) is 0. The minimum absolute atomic E-state index is 0.0855. The van der Waals surface area contributed by atoms with Crippen molar-refractivity contribution >= 4 is 0 Å². The molecule has 2 aliphatic rings. The highest BCUT2D eigenvalue weighted by molar-refractivity contribution is 4.94. The van der Waals surface area contributed by atoms with Crippen molar-refractivity contribution in [3.8, 4) is 0 Å². The molecule has 1 saturated heterocycles. The Hall–Kier alpha value is -0.0800. The topological polar surface area (TPSA) is 23.5 Å². The van der Waals surface area contributed by atoms with Crippen molar-refractivity contribution in [2.24, 2.45) is 0 Å². The van der Waals surface area contributed by atoms with Crippen molar-refractivity contribution in [2.75, 3.05) is 6.54 Å². The van der Waals surface area contributed by atoms with Gasteiger partial charge in [0.15, 0.2) is 0 Å². The number of rotatable bonds is 1. The highest BCUT2D eigenvalue weighted by atomic mass is 16.3. The fourth-order valence-corrected chi connectivity index (χ4v) is 3.55. The van der Waals surface area contributed by atoms with E-state index in [4.69, 9.17) is 0 Å². The molecule has 2 fully saturated rings. The third-order valence-corrected chi connectivity index (χ3v) is 4.56. The molecule has 0 aromatic carbocycles. The van der Waals surface area contributed by atoms with Crippen LogP contribution in [-0.4, -0.2) is 34.2 Å². The second-order valence-electron chi connectivity index (χ2n) is 6.24. The van der Waals surface area contributed by atoms with Crippen LogP contribution in [0, 0.1) is 0 Å². The molecule has 0 spiro atoms. The van der Waals surface area contributed by atoms with Gasteiger partial charge in [-0.3, -0.25) is 4.90 Å².